The fourth-order valence-corrected chi connectivity index (χ4v) is 2.40. The van der Waals surface area contributed by atoms with Crippen LogP contribution in [0.1, 0.15) is 39.6 Å². The second-order valence-electron chi connectivity index (χ2n) is 6.05. The maximum atomic E-state index is 12.0. The summed E-state index contributed by atoms with van der Waals surface area (Å²) in [5.41, 5.74) is 3.51. The normalized spacial score (nSPS) is 11.6. The molecule has 2 aromatic rings. The van der Waals surface area contributed by atoms with E-state index in [1.165, 1.54) is 0 Å². The van der Waals surface area contributed by atoms with Gasteiger partial charge in [-0.1, -0.05) is 36.4 Å². The Morgan fingerprint density at radius 2 is 1.72 bits per heavy atom. The van der Waals surface area contributed by atoms with Crippen LogP contribution in [0.25, 0.3) is 0 Å². The second-order valence-corrected chi connectivity index (χ2v) is 6.05. The Labute approximate surface area is 148 Å². The van der Waals surface area contributed by atoms with Gasteiger partial charge in [0, 0.05) is 12.1 Å². The fourth-order valence-electron chi connectivity index (χ4n) is 2.40. The van der Waals surface area contributed by atoms with E-state index >= 15 is 0 Å². The zero-order valence-electron chi connectivity index (χ0n) is 14.6. The van der Waals surface area contributed by atoms with Crippen LogP contribution in [-0.2, 0) is 4.79 Å². The summed E-state index contributed by atoms with van der Waals surface area (Å²) in [6.07, 6.45) is -0.201. The lowest BCUT2D eigenvalue weighted by atomic mass is 10.1. The van der Waals surface area contributed by atoms with E-state index in [1.54, 1.807) is 12.1 Å². The Morgan fingerprint density at radius 3 is 2.40 bits per heavy atom. The number of amides is 2. The Kier molecular flexibility index (Phi) is 6.71. The highest BCUT2D eigenvalue weighted by molar-refractivity contribution is 5.96. The van der Waals surface area contributed by atoms with Gasteiger partial charge in [-0.2, -0.15) is 0 Å². The van der Waals surface area contributed by atoms with E-state index in [1.807, 2.05) is 50.2 Å². The lowest BCUT2D eigenvalue weighted by Gasteiger charge is -2.12. The maximum absolute atomic E-state index is 12.0. The first kappa shape index (κ1) is 18.7. The van der Waals surface area contributed by atoms with Crippen LogP contribution in [0.2, 0.25) is 0 Å². The summed E-state index contributed by atoms with van der Waals surface area (Å²) in [5.74, 6) is -0.556. The molecule has 1 unspecified atom stereocenters. The highest BCUT2D eigenvalue weighted by Gasteiger charge is 2.10. The van der Waals surface area contributed by atoms with Crippen molar-refractivity contribution in [1.82, 2.24) is 10.6 Å². The van der Waals surface area contributed by atoms with Gasteiger partial charge in [-0.3, -0.25) is 9.59 Å². The minimum atomic E-state index is -0.619. The lowest BCUT2D eigenvalue weighted by molar-refractivity contribution is -0.120. The van der Waals surface area contributed by atoms with Crippen molar-refractivity contribution in [2.75, 3.05) is 13.1 Å². The first-order chi connectivity index (χ1) is 12.0. The van der Waals surface area contributed by atoms with Crippen LogP contribution >= 0.6 is 0 Å². The Bertz CT molecular complexity index is 729. The van der Waals surface area contributed by atoms with Gasteiger partial charge in [0.05, 0.1) is 12.6 Å². The molecular formula is C20H24N2O3. The molecule has 5 heteroatoms. The van der Waals surface area contributed by atoms with Gasteiger partial charge in [0.1, 0.15) is 0 Å². The summed E-state index contributed by atoms with van der Waals surface area (Å²) < 4.78 is 0. The number of aryl methyl sites for hydroxylation is 2. The molecule has 5 nitrogen and oxygen atoms in total. The summed E-state index contributed by atoms with van der Waals surface area (Å²) in [5, 5.41) is 15.3. The molecule has 0 spiro atoms. The van der Waals surface area contributed by atoms with Crippen LogP contribution in [0, 0.1) is 13.8 Å². The fraction of sp³-hybridized carbons (Fsp3) is 0.300. The quantitative estimate of drug-likeness (QED) is 0.723. The van der Waals surface area contributed by atoms with Crippen molar-refractivity contribution in [3.05, 3.63) is 70.8 Å². The van der Waals surface area contributed by atoms with E-state index < -0.39 is 6.10 Å². The van der Waals surface area contributed by atoms with Gasteiger partial charge in [0.2, 0.25) is 5.91 Å². The largest absolute Gasteiger partial charge is 0.388 e. The van der Waals surface area contributed by atoms with Crippen molar-refractivity contribution < 1.29 is 14.7 Å². The molecule has 0 aliphatic rings. The third-order valence-corrected chi connectivity index (χ3v) is 4.10. The van der Waals surface area contributed by atoms with Gasteiger partial charge in [-0.05, 0) is 49.1 Å². The number of aliphatic hydroxyl groups excluding tert-OH is 1. The molecular weight excluding hydrogens is 316 g/mol. The smallest absolute Gasteiger partial charge is 0.251 e. The third-order valence-electron chi connectivity index (χ3n) is 4.10. The van der Waals surface area contributed by atoms with Gasteiger partial charge < -0.3 is 15.7 Å². The molecule has 132 valence electrons. The van der Waals surface area contributed by atoms with E-state index in [-0.39, 0.29) is 18.4 Å². The van der Waals surface area contributed by atoms with Crippen LogP contribution in [0.4, 0.5) is 0 Å². The zero-order chi connectivity index (χ0) is 18.2. The zero-order valence-corrected chi connectivity index (χ0v) is 14.6. The number of carbonyl (C=O) groups excluding carboxylic acids is 2. The molecule has 0 bridgehead atoms. The number of hydrogen-bond acceptors (Lipinski definition) is 3. The number of rotatable bonds is 7. The van der Waals surface area contributed by atoms with Gasteiger partial charge in [0.15, 0.2) is 0 Å². The van der Waals surface area contributed by atoms with Crippen molar-refractivity contribution in [1.29, 1.82) is 0 Å². The van der Waals surface area contributed by atoms with Crippen molar-refractivity contribution in [2.24, 2.45) is 0 Å². The van der Waals surface area contributed by atoms with Gasteiger partial charge >= 0.3 is 0 Å². The first-order valence-electron chi connectivity index (χ1n) is 8.32. The third kappa shape index (κ3) is 5.72. The van der Waals surface area contributed by atoms with Crippen LogP contribution in [0.3, 0.4) is 0 Å². The molecule has 0 aliphatic carbocycles. The Morgan fingerprint density at radius 1 is 1.00 bits per heavy atom. The molecule has 0 radical (unpaired) electrons. The summed E-state index contributed by atoms with van der Waals surface area (Å²) in [6, 6.07) is 14.7. The minimum absolute atomic E-state index is 0.0901. The molecule has 2 amide bonds. The van der Waals surface area contributed by atoms with Crippen molar-refractivity contribution in [3.63, 3.8) is 0 Å². The summed E-state index contributed by atoms with van der Waals surface area (Å²) in [7, 11) is 0. The summed E-state index contributed by atoms with van der Waals surface area (Å²) in [4.78, 5) is 23.9. The Hall–Kier alpha value is -2.66. The van der Waals surface area contributed by atoms with E-state index in [0.717, 1.165) is 16.7 Å². The number of aliphatic hydroxyl groups is 1. The topological polar surface area (TPSA) is 78.4 Å². The molecule has 0 aromatic heterocycles. The standard InChI is InChI=1S/C20H24N2O3/c1-14-8-9-17(12-15(14)2)20(25)22-13-19(24)21-11-10-18(23)16-6-4-3-5-7-16/h3-9,12,18,23H,10-11,13H2,1-2H3,(H,21,24)(H,22,25). The molecule has 0 heterocycles. The van der Waals surface area contributed by atoms with Crippen LogP contribution in [0.5, 0.6) is 0 Å². The van der Waals surface area contributed by atoms with Crippen molar-refractivity contribution in [2.45, 2.75) is 26.4 Å². The number of benzene rings is 2. The Balaban J connectivity index is 1.71. The van der Waals surface area contributed by atoms with Gasteiger partial charge in [-0.25, -0.2) is 0 Å². The van der Waals surface area contributed by atoms with E-state index in [0.29, 0.717) is 18.5 Å². The summed E-state index contributed by atoms with van der Waals surface area (Å²) >= 11 is 0. The number of hydrogen-bond donors (Lipinski definition) is 3. The highest BCUT2D eigenvalue weighted by Crippen LogP contribution is 2.14. The van der Waals surface area contributed by atoms with Crippen molar-refractivity contribution >= 4 is 11.8 Å². The van der Waals surface area contributed by atoms with E-state index in [2.05, 4.69) is 10.6 Å². The SMILES string of the molecule is Cc1ccc(C(=O)NCC(=O)NCCC(O)c2ccccc2)cc1C. The molecule has 0 saturated heterocycles. The average molecular weight is 340 g/mol. The second kappa shape index (κ2) is 8.99. The molecule has 0 aliphatic heterocycles. The predicted molar refractivity (Wildman–Crippen MR) is 97.3 cm³/mol. The summed E-state index contributed by atoms with van der Waals surface area (Å²) in [6.45, 7) is 4.17. The van der Waals surface area contributed by atoms with Crippen molar-refractivity contribution in [3.8, 4) is 0 Å². The number of nitrogens with one attached hydrogen (secondary N) is 2. The average Bonchev–Trinajstić information content (AvgIpc) is 2.62. The van der Waals surface area contributed by atoms with Crippen LogP contribution in [-0.4, -0.2) is 30.0 Å². The minimum Gasteiger partial charge on any atom is -0.388 e. The maximum Gasteiger partial charge on any atom is 0.251 e. The van der Waals surface area contributed by atoms with Crippen LogP contribution in [0.15, 0.2) is 48.5 Å². The molecule has 0 fully saturated rings. The lowest BCUT2D eigenvalue weighted by Crippen LogP contribution is -2.37. The molecule has 2 aromatic carbocycles. The highest BCUT2D eigenvalue weighted by atomic mass is 16.3. The monoisotopic (exact) mass is 340 g/mol. The van der Waals surface area contributed by atoms with Gasteiger partial charge in [0.25, 0.3) is 5.91 Å². The molecule has 0 saturated carbocycles. The molecule has 3 N–H and O–H groups in total. The molecule has 25 heavy (non-hydrogen) atoms. The van der Waals surface area contributed by atoms with E-state index in [4.69, 9.17) is 0 Å². The molecule has 2 rings (SSSR count). The van der Waals surface area contributed by atoms with E-state index in [9.17, 15) is 14.7 Å². The predicted octanol–water partition coefficient (Wildman–Crippen LogP) is 2.27. The molecule has 1 atom stereocenters. The van der Waals surface area contributed by atoms with Crippen LogP contribution < -0.4 is 10.6 Å². The number of carbonyl (C=O) groups is 2. The van der Waals surface area contributed by atoms with Gasteiger partial charge in [-0.15, -0.1) is 0 Å². The first-order valence-corrected chi connectivity index (χ1v) is 8.32.